The largest absolute Gasteiger partial charge is 0.463 e. The van der Waals surface area contributed by atoms with Crippen LogP contribution in [0.2, 0.25) is 0 Å². The van der Waals surface area contributed by atoms with E-state index in [4.69, 9.17) is 9.73 Å². The van der Waals surface area contributed by atoms with E-state index in [0.717, 1.165) is 19.4 Å². The highest BCUT2D eigenvalue weighted by molar-refractivity contribution is 9.10. The molecule has 11 heteroatoms. The summed E-state index contributed by atoms with van der Waals surface area (Å²) in [6.45, 7) is 6.66. The Bertz CT molecular complexity index is 1110. The molecule has 2 aliphatic rings. The van der Waals surface area contributed by atoms with Crippen molar-refractivity contribution in [3.8, 4) is 0 Å². The van der Waals surface area contributed by atoms with E-state index < -0.39 is 23.4 Å². The van der Waals surface area contributed by atoms with Crippen LogP contribution < -0.4 is 5.32 Å². The molecule has 2 aromatic rings. The smallest absolute Gasteiger partial charge is 0.338 e. The van der Waals surface area contributed by atoms with E-state index in [2.05, 4.69) is 41.3 Å². The second-order valence-corrected chi connectivity index (χ2v) is 9.74. The van der Waals surface area contributed by atoms with Crippen molar-refractivity contribution in [2.45, 2.75) is 51.3 Å². The molecule has 3 N–H and O–H groups in total. The van der Waals surface area contributed by atoms with Crippen LogP contribution >= 0.6 is 15.9 Å². The number of esters is 1. The van der Waals surface area contributed by atoms with Gasteiger partial charge in [0.2, 0.25) is 5.82 Å². The molecule has 0 aliphatic carbocycles. The summed E-state index contributed by atoms with van der Waals surface area (Å²) in [6.07, 6.45) is 3.23. The van der Waals surface area contributed by atoms with Gasteiger partial charge in [0, 0.05) is 22.8 Å². The fourth-order valence-corrected chi connectivity index (χ4v) is 5.14. The summed E-state index contributed by atoms with van der Waals surface area (Å²) >= 11 is 3.43. The zero-order valence-electron chi connectivity index (χ0n) is 19.3. The Morgan fingerprint density at radius 1 is 1.41 bits per heavy atom. The van der Waals surface area contributed by atoms with E-state index >= 15 is 0 Å². The molecule has 0 bridgehead atoms. The minimum absolute atomic E-state index is 0.0768. The zero-order valence-corrected chi connectivity index (χ0v) is 20.9. The predicted octanol–water partition coefficient (Wildman–Crippen LogP) is 2.85. The molecule has 34 heavy (non-hydrogen) atoms. The van der Waals surface area contributed by atoms with Crippen molar-refractivity contribution >= 4 is 27.7 Å². The summed E-state index contributed by atoms with van der Waals surface area (Å²) in [5.41, 5.74) is 0.619. The summed E-state index contributed by atoms with van der Waals surface area (Å²) < 4.78 is 19.7. The normalized spacial score (nSPS) is 21.4. The third-order valence-electron chi connectivity index (χ3n) is 6.05. The van der Waals surface area contributed by atoms with Gasteiger partial charge in [0.1, 0.15) is 18.2 Å². The van der Waals surface area contributed by atoms with Crippen LogP contribution in [0.15, 0.2) is 45.3 Å². The average Bonchev–Trinajstić information content (AvgIpc) is 3.45. The van der Waals surface area contributed by atoms with Gasteiger partial charge in [-0.05, 0) is 57.9 Å². The number of benzene rings is 1. The number of aliphatic hydroxyl groups is 1. The van der Waals surface area contributed by atoms with Crippen molar-refractivity contribution in [1.29, 1.82) is 0 Å². The molecule has 2 atom stereocenters. The number of H-pyrrole nitrogens is 1. The van der Waals surface area contributed by atoms with Crippen LogP contribution in [0.1, 0.15) is 51.0 Å². The molecule has 182 valence electrons. The van der Waals surface area contributed by atoms with Gasteiger partial charge in [0.05, 0.1) is 17.8 Å². The highest BCUT2D eigenvalue weighted by atomic mass is 79.9. The van der Waals surface area contributed by atoms with Gasteiger partial charge in [0.15, 0.2) is 5.84 Å². The SMILES string of the molecule is CCOC(=O)C1=C(CN2CCC[C@H]2C(C)(C)O)NC(c2nc[nH]n2)=NC1c1ccc(F)cc1Br. The first kappa shape index (κ1) is 24.5. The van der Waals surface area contributed by atoms with E-state index in [-0.39, 0.29) is 12.6 Å². The number of hydrogen-bond acceptors (Lipinski definition) is 8. The number of rotatable bonds is 7. The Hall–Kier alpha value is -2.63. The summed E-state index contributed by atoms with van der Waals surface area (Å²) in [7, 11) is 0. The molecule has 4 rings (SSSR count). The lowest BCUT2D eigenvalue weighted by atomic mass is 9.94. The van der Waals surface area contributed by atoms with Crippen LogP contribution in [0.3, 0.4) is 0 Å². The van der Waals surface area contributed by atoms with Crippen molar-refractivity contribution in [2.75, 3.05) is 19.7 Å². The van der Waals surface area contributed by atoms with Gasteiger partial charge in [-0.2, -0.15) is 5.10 Å². The third kappa shape index (κ3) is 5.06. The third-order valence-corrected chi connectivity index (χ3v) is 6.73. The molecular formula is C23H28BrFN6O3. The summed E-state index contributed by atoms with van der Waals surface area (Å²) in [5.74, 6) is -0.202. The van der Waals surface area contributed by atoms with Crippen molar-refractivity contribution < 1.29 is 19.0 Å². The van der Waals surface area contributed by atoms with Gasteiger partial charge in [-0.15, -0.1) is 0 Å². The molecule has 0 amide bonds. The van der Waals surface area contributed by atoms with Gasteiger partial charge >= 0.3 is 5.97 Å². The molecule has 0 saturated carbocycles. The molecule has 9 nitrogen and oxygen atoms in total. The monoisotopic (exact) mass is 534 g/mol. The lowest BCUT2D eigenvalue weighted by Crippen LogP contribution is -2.48. The number of likely N-dealkylation sites (tertiary alicyclic amines) is 1. The van der Waals surface area contributed by atoms with E-state index in [1.807, 2.05) is 0 Å². The van der Waals surface area contributed by atoms with Crippen LogP contribution in [0.5, 0.6) is 0 Å². The van der Waals surface area contributed by atoms with E-state index in [9.17, 15) is 14.3 Å². The lowest BCUT2D eigenvalue weighted by Gasteiger charge is -2.36. The first-order valence-electron chi connectivity index (χ1n) is 11.2. The first-order chi connectivity index (χ1) is 16.2. The number of amidine groups is 1. The number of nitrogens with zero attached hydrogens (tertiary/aromatic N) is 4. The van der Waals surface area contributed by atoms with E-state index in [1.165, 1.54) is 18.5 Å². The minimum Gasteiger partial charge on any atom is -0.463 e. The number of aliphatic imine (C=N–C) groups is 1. The predicted molar refractivity (Wildman–Crippen MR) is 127 cm³/mol. The van der Waals surface area contributed by atoms with E-state index in [1.54, 1.807) is 26.8 Å². The van der Waals surface area contributed by atoms with E-state index in [0.29, 0.717) is 39.5 Å². The Morgan fingerprint density at radius 2 is 2.21 bits per heavy atom. The molecule has 3 heterocycles. The number of aromatic nitrogens is 3. The van der Waals surface area contributed by atoms with Gasteiger partial charge in [0.25, 0.3) is 0 Å². The fourth-order valence-electron chi connectivity index (χ4n) is 4.57. The molecule has 1 unspecified atom stereocenters. The second-order valence-electron chi connectivity index (χ2n) is 8.89. The quantitative estimate of drug-likeness (QED) is 0.467. The molecule has 0 radical (unpaired) electrons. The van der Waals surface area contributed by atoms with Gasteiger partial charge in [-0.1, -0.05) is 22.0 Å². The number of carbonyl (C=O) groups is 1. The van der Waals surface area contributed by atoms with Crippen molar-refractivity contribution in [3.05, 3.63) is 57.5 Å². The fraction of sp³-hybridized carbons (Fsp3) is 0.478. The van der Waals surface area contributed by atoms with Gasteiger partial charge in [-0.3, -0.25) is 15.0 Å². The maximum absolute atomic E-state index is 13.9. The topological polar surface area (TPSA) is 116 Å². The Kier molecular flexibility index (Phi) is 7.15. The Labute approximate surface area is 205 Å². The summed E-state index contributed by atoms with van der Waals surface area (Å²) in [5, 5.41) is 20.8. The van der Waals surface area contributed by atoms with Crippen molar-refractivity contribution in [3.63, 3.8) is 0 Å². The number of carbonyl (C=O) groups excluding carboxylic acids is 1. The maximum atomic E-state index is 13.9. The first-order valence-corrected chi connectivity index (χ1v) is 12.0. The van der Waals surface area contributed by atoms with Gasteiger partial charge < -0.3 is 15.2 Å². The highest BCUT2D eigenvalue weighted by Crippen LogP contribution is 2.37. The van der Waals surface area contributed by atoms with Gasteiger partial charge in [-0.25, -0.2) is 14.2 Å². The molecule has 0 spiro atoms. The minimum atomic E-state index is -0.907. The summed E-state index contributed by atoms with van der Waals surface area (Å²) in [6, 6.07) is 3.42. The van der Waals surface area contributed by atoms with Crippen LogP contribution in [0.25, 0.3) is 0 Å². The summed E-state index contributed by atoms with van der Waals surface area (Å²) in [4.78, 5) is 24.3. The number of nitrogens with one attached hydrogen (secondary N) is 2. The molecule has 1 saturated heterocycles. The Balaban J connectivity index is 1.83. The lowest BCUT2D eigenvalue weighted by molar-refractivity contribution is -0.139. The second kappa shape index (κ2) is 9.93. The molecule has 1 aromatic carbocycles. The van der Waals surface area contributed by atoms with Crippen LogP contribution in [0.4, 0.5) is 4.39 Å². The van der Waals surface area contributed by atoms with Crippen LogP contribution in [-0.4, -0.2) is 68.3 Å². The molecule has 2 aliphatic heterocycles. The number of hydrogen-bond donors (Lipinski definition) is 3. The number of ether oxygens (including phenoxy) is 1. The highest BCUT2D eigenvalue weighted by Gasteiger charge is 2.39. The van der Waals surface area contributed by atoms with Crippen LogP contribution in [0, 0.1) is 5.82 Å². The number of halogens is 2. The van der Waals surface area contributed by atoms with Crippen molar-refractivity contribution in [2.24, 2.45) is 4.99 Å². The molecule has 1 fully saturated rings. The maximum Gasteiger partial charge on any atom is 0.338 e. The molecular weight excluding hydrogens is 507 g/mol. The Morgan fingerprint density at radius 3 is 2.85 bits per heavy atom. The average molecular weight is 535 g/mol. The zero-order chi connectivity index (χ0) is 24.5. The van der Waals surface area contributed by atoms with Crippen molar-refractivity contribution in [1.82, 2.24) is 25.4 Å². The van der Waals surface area contributed by atoms with Crippen LogP contribution in [-0.2, 0) is 9.53 Å². The standard InChI is InChI=1S/C23H28BrFN6O3/c1-4-34-22(32)18-16(11-31-9-5-6-17(31)23(2,3)33)28-21(20-26-12-27-30-20)29-19(18)14-8-7-13(25)10-15(14)24/h7-8,10,12,17,19,33H,4-6,9,11H2,1-3H3,(H,28,29)(H,26,27,30)/t17-,19?/m0/s1. The number of aromatic amines is 1. The molecule has 1 aromatic heterocycles.